The van der Waals surface area contributed by atoms with Gasteiger partial charge >= 0.3 is 6.36 Å². The van der Waals surface area contributed by atoms with E-state index in [4.69, 9.17) is 22.1 Å². The van der Waals surface area contributed by atoms with E-state index in [1.54, 1.807) is 24.3 Å². The summed E-state index contributed by atoms with van der Waals surface area (Å²) in [5, 5.41) is 0.469. The lowest BCUT2D eigenvalue weighted by Gasteiger charge is -2.14. The van der Waals surface area contributed by atoms with Crippen LogP contribution in [-0.2, 0) is 6.61 Å². The fourth-order valence-electron chi connectivity index (χ4n) is 1.63. The number of nitrogens with two attached hydrogens (primary N) is 1. The van der Waals surface area contributed by atoms with Crippen LogP contribution < -0.4 is 15.2 Å². The van der Waals surface area contributed by atoms with E-state index in [9.17, 15) is 13.2 Å². The van der Waals surface area contributed by atoms with E-state index in [2.05, 4.69) is 4.74 Å². The molecule has 3 nitrogen and oxygen atoms in total. The van der Waals surface area contributed by atoms with Crippen molar-refractivity contribution in [2.75, 3.05) is 5.73 Å². The lowest BCUT2D eigenvalue weighted by molar-refractivity contribution is -0.275. The molecule has 0 spiro atoms. The maximum Gasteiger partial charge on any atom is 0.573 e. The Kier molecular flexibility index (Phi) is 4.47. The first-order valence-electron chi connectivity index (χ1n) is 5.86. The minimum atomic E-state index is -4.78. The van der Waals surface area contributed by atoms with Crippen LogP contribution in [0.2, 0.25) is 5.02 Å². The Balaban J connectivity index is 2.13. The van der Waals surface area contributed by atoms with Crippen LogP contribution >= 0.6 is 11.6 Å². The molecule has 7 heteroatoms. The molecule has 0 saturated carbocycles. The zero-order valence-corrected chi connectivity index (χ0v) is 11.4. The second-order valence-electron chi connectivity index (χ2n) is 4.13. The molecule has 0 fully saturated rings. The average Bonchev–Trinajstić information content (AvgIpc) is 2.37. The lowest BCUT2D eigenvalue weighted by Crippen LogP contribution is -2.17. The van der Waals surface area contributed by atoms with Crippen molar-refractivity contribution in [2.24, 2.45) is 0 Å². The van der Waals surface area contributed by atoms with Gasteiger partial charge in [0.15, 0.2) is 11.5 Å². The summed E-state index contributed by atoms with van der Waals surface area (Å²) in [6.07, 6.45) is -4.78. The highest BCUT2D eigenvalue weighted by atomic mass is 35.5. The highest BCUT2D eigenvalue weighted by Crippen LogP contribution is 2.32. The van der Waals surface area contributed by atoms with Crippen LogP contribution in [0.15, 0.2) is 42.5 Å². The molecule has 0 amide bonds. The number of halogens is 4. The molecule has 21 heavy (non-hydrogen) atoms. The molecule has 0 atom stereocenters. The van der Waals surface area contributed by atoms with Gasteiger partial charge in [-0.1, -0.05) is 29.8 Å². The summed E-state index contributed by atoms with van der Waals surface area (Å²) in [5.74, 6) is -0.429. The second-order valence-corrected chi connectivity index (χ2v) is 4.56. The fourth-order valence-corrected chi connectivity index (χ4v) is 1.81. The summed E-state index contributed by atoms with van der Waals surface area (Å²) in [7, 11) is 0. The molecule has 0 aliphatic carbocycles. The van der Waals surface area contributed by atoms with E-state index in [-0.39, 0.29) is 12.4 Å². The number of hydrogen-bond acceptors (Lipinski definition) is 3. The topological polar surface area (TPSA) is 44.5 Å². The van der Waals surface area contributed by atoms with Crippen LogP contribution in [0.5, 0.6) is 11.5 Å². The lowest BCUT2D eigenvalue weighted by atomic mass is 10.2. The first-order valence-corrected chi connectivity index (χ1v) is 6.24. The number of benzene rings is 2. The third kappa shape index (κ3) is 4.46. The van der Waals surface area contributed by atoms with Crippen LogP contribution in [-0.4, -0.2) is 6.36 Å². The second kappa shape index (κ2) is 6.13. The van der Waals surface area contributed by atoms with Crippen molar-refractivity contribution in [3.63, 3.8) is 0 Å². The van der Waals surface area contributed by atoms with Gasteiger partial charge in [-0.05, 0) is 24.3 Å². The molecule has 0 heterocycles. The van der Waals surface area contributed by atoms with Gasteiger partial charge in [0.2, 0.25) is 0 Å². The van der Waals surface area contributed by atoms with Crippen LogP contribution in [0.1, 0.15) is 5.56 Å². The number of para-hydroxylation sites is 2. The van der Waals surface area contributed by atoms with Gasteiger partial charge in [0, 0.05) is 16.3 Å². The zero-order chi connectivity index (χ0) is 15.5. The summed E-state index contributed by atoms with van der Waals surface area (Å²) in [5.41, 5.74) is 6.76. The number of ether oxygens (including phenoxy) is 2. The largest absolute Gasteiger partial charge is 0.573 e. The first-order chi connectivity index (χ1) is 9.85. The molecule has 112 valence electrons. The molecule has 0 unspecified atom stereocenters. The van der Waals surface area contributed by atoms with Gasteiger partial charge in [-0.2, -0.15) is 0 Å². The standard InChI is InChI=1S/C14H11ClF3NO2/c15-10-6-5-9(11(19)7-10)8-20-12-3-1-2-4-13(12)21-14(16,17)18/h1-7H,8,19H2. The summed E-state index contributed by atoms with van der Waals surface area (Å²) in [6.45, 7) is 0.00122. The van der Waals surface area contributed by atoms with Gasteiger partial charge < -0.3 is 15.2 Å². The van der Waals surface area contributed by atoms with Crippen molar-refractivity contribution < 1.29 is 22.6 Å². The van der Waals surface area contributed by atoms with E-state index in [1.165, 1.54) is 18.2 Å². The quantitative estimate of drug-likeness (QED) is 0.850. The van der Waals surface area contributed by atoms with Gasteiger partial charge in [-0.15, -0.1) is 13.2 Å². The summed E-state index contributed by atoms with van der Waals surface area (Å²) < 4.78 is 46.1. The van der Waals surface area contributed by atoms with Crippen LogP contribution in [0.25, 0.3) is 0 Å². The maximum absolute atomic E-state index is 12.3. The highest BCUT2D eigenvalue weighted by molar-refractivity contribution is 6.30. The predicted molar refractivity (Wildman–Crippen MR) is 73.3 cm³/mol. The summed E-state index contributed by atoms with van der Waals surface area (Å²) in [4.78, 5) is 0. The molecule has 0 bridgehead atoms. The molecule has 2 rings (SSSR count). The Morgan fingerprint density at radius 2 is 1.71 bits per heavy atom. The number of hydrogen-bond donors (Lipinski definition) is 1. The Morgan fingerprint density at radius 3 is 2.33 bits per heavy atom. The monoisotopic (exact) mass is 317 g/mol. The van der Waals surface area contributed by atoms with Crippen LogP contribution in [0, 0.1) is 0 Å². The molecule has 0 radical (unpaired) electrons. The molecule has 0 aromatic heterocycles. The first kappa shape index (κ1) is 15.3. The highest BCUT2D eigenvalue weighted by Gasteiger charge is 2.32. The van der Waals surface area contributed by atoms with Crippen molar-refractivity contribution in [3.8, 4) is 11.5 Å². The minimum absolute atomic E-state index is 0.00122. The zero-order valence-electron chi connectivity index (χ0n) is 10.7. The molecule has 2 N–H and O–H groups in total. The maximum atomic E-state index is 12.3. The van der Waals surface area contributed by atoms with Gasteiger partial charge in [0.1, 0.15) is 6.61 Å². The molecule has 0 saturated heterocycles. The van der Waals surface area contributed by atoms with Crippen molar-refractivity contribution in [2.45, 2.75) is 13.0 Å². The van der Waals surface area contributed by atoms with E-state index >= 15 is 0 Å². The normalized spacial score (nSPS) is 11.2. The summed E-state index contributed by atoms with van der Waals surface area (Å²) >= 11 is 5.77. The van der Waals surface area contributed by atoms with Gasteiger partial charge in [-0.25, -0.2) is 0 Å². The van der Waals surface area contributed by atoms with Crippen molar-refractivity contribution in [1.29, 1.82) is 0 Å². The Hall–Kier alpha value is -2.08. The van der Waals surface area contributed by atoms with Gasteiger partial charge in [-0.3, -0.25) is 0 Å². The average molecular weight is 318 g/mol. The van der Waals surface area contributed by atoms with E-state index in [0.29, 0.717) is 16.3 Å². The fraction of sp³-hybridized carbons (Fsp3) is 0.143. The molecule has 2 aromatic rings. The van der Waals surface area contributed by atoms with Crippen molar-refractivity contribution in [3.05, 3.63) is 53.1 Å². The van der Waals surface area contributed by atoms with Crippen LogP contribution in [0.3, 0.4) is 0 Å². The third-order valence-electron chi connectivity index (χ3n) is 2.57. The molecular formula is C14H11ClF3NO2. The van der Waals surface area contributed by atoms with E-state index < -0.39 is 12.1 Å². The molecular weight excluding hydrogens is 307 g/mol. The van der Waals surface area contributed by atoms with E-state index in [1.807, 2.05) is 0 Å². The van der Waals surface area contributed by atoms with Crippen molar-refractivity contribution >= 4 is 17.3 Å². The Bertz CT molecular complexity index is 632. The predicted octanol–water partition coefficient (Wildman–Crippen LogP) is 4.40. The van der Waals surface area contributed by atoms with Gasteiger partial charge in [0.25, 0.3) is 0 Å². The van der Waals surface area contributed by atoms with Gasteiger partial charge in [0.05, 0.1) is 0 Å². The SMILES string of the molecule is Nc1cc(Cl)ccc1COc1ccccc1OC(F)(F)F. The van der Waals surface area contributed by atoms with Crippen LogP contribution in [0.4, 0.5) is 18.9 Å². The van der Waals surface area contributed by atoms with E-state index in [0.717, 1.165) is 0 Å². The molecule has 2 aromatic carbocycles. The third-order valence-corrected chi connectivity index (χ3v) is 2.80. The summed E-state index contributed by atoms with van der Waals surface area (Å²) in [6, 6.07) is 10.3. The number of nitrogen functional groups attached to an aromatic ring is 1. The smallest absolute Gasteiger partial charge is 0.485 e. The Morgan fingerprint density at radius 1 is 1.05 bits per heavy atom. The molecule has 0 aliphatic heterocycles. The molecule has 0 aliphatic rings. The number of anilines is 1. The number of rotatable bonds is 4. The number of alkyl halides is 3. The Labute approximate surface area is 124 Å². The minimum Gasteiger partial charge on any atom is -0.485 e. The van der Waals surface area contributed by atoms with Crippen molar-refractivity contribution in [1.82, 2.24) is 0 Å².